The summed E-state index contributed by atoms with van der Waals surface area (Å²) in [6, 6.07) is 8.80. The highest BCUT2D eigenvalue weighted by Gasteiger charge is 2.28. The quantitative estimate of drug-likeness (QED) is 0.314. The summed E-state index contributed by atoms with van der Waals surface area (Å²) in [5.41, 5.74) is 2.83. The van der Waals surface area contributed by atoms with Crippen molar-refractivity contribution in [3.8, 4) is 0 Å². The molecule has 0 aliphatic carbocycles. The number of nitrogens with one attached hydrogen (secondary N) is 2. The molecule has 0 amide bonds. The number of benzene rings is 1. The van der Waals surface area contributed by atoms with E-state index in [9.17, 15) is 0 Å². The Morgan fingerprint density at radius 3 is 2.35 bits per heavy atom. The summed E-state index contributed by atoms with van der Waals surface area (Å²) in [5.74, 6) is 1.73. The van der Waals surface area contributed by atoms with Gasteiger partial charge in [-0.25, -0.2) is 0 Å². The third-order valence-corrected chi connectivity index (χ3v) is 6.61. The second-order valence-corrected chi connectivity index (χ2v) is 9.42. The van der Waals surface area contributed by atoms with E-state index in [1.54, 1.807) is 0 Å². The lowest BCUT2D eigenvalue weighted by molar-refractivity contribution is -0.00834. The Hall–Kier alpha value is -0.900. The van der Waals surface area contributed by atoms with Crippen LogP contribution in [0.4, 0.5) is 0 Å². The van der Waals surface area contributed by atoms with Gasteiger partial charge in [0, 0.05) is 45.3 Å². The van der Waals surface area contributed by atoms with E-state index in [0.29, 0.717) is 0 Å². The first-order valence-corrected chi connectivity index (χ1v) is 11.5. The van der Waals surface area contributed by atoms with E-state index in [4.69, 9.17) is 4.74 Å². The van der Waals surface area contributed by atoms with Crippen LogP contribution in [0.3, 0.4) is 0 Å². The van der Waals surface area contributed by atoms with E-state index in [1.165, 1.54) is 37.1 Å². The minimum atomic E-state index is 0. The zero-order valence-corrected chi connectivity index (χ0v) is 22.2. The van der Waals surface area contributed by atoms with Gasteiger partial charge in [-0.05, 0) is 56.8 Å². The third-order valence-electron chi connectivity index (χ3n) is 6.61. The van der Waals surface area contributed by atoms with Crippen molar-refractivity contribution in [1.29, 1.82) is 0 Å². The van der Waals surface area contributed by atoms with Crippen LogP contribution in [0.1, 0.15) is 44.7 Å². The standard InChI is InChI=1S/C24H41N5O.HI/c1-20-9-11-28(12-10-20)18-22-8-6-5-7-21(22)17-26-23(25-4)27-19-24(2,3)29-13-15-30-16-14-29;/h5-8,20H,9-19H2,1-4H3,(H2,25,26,27);1H. The summed E-state index contributed by atoms with van der Waals surface area (Å²) < 4.78 is 5.50. The number of guanidine groups is 1. The molecular formula is C24H42IN5O. The van der Waals surface area contributed by atoms with Crippen molar-refractivity contribution >= 4 is 29.9 Å². The predicted octanol–water partition coefficient (Wildman–Crippen LogP) is 3.31. The van der Waals surface area contributed by atoms with Gasteiger partial charge in [-0.3, -0.25) is 14.8 Å². The lowest BCUT2D eigenvalue weighted by atomic mass is 9.98. The summed E-state index contributed by atoms with van der Waals surface area (Å²) in [6.07, 6.45) is 2.63. The zero-order valence-electron chi connectivity index (χ0n) is 19.8. The summed E-state index contributed by atoms with van der Waals surface area (Å²) in [7, 11) is 1.85. The van der Waals surface area contributed by atoms with Crippen LogP contribution in [0.15, 0.2) is 29.3 Å². The molecule has 2 saturated heterocycles. The smallest absolute Gasteiger partial charge is 0.191 e. The van der Waals surface area contributed by atoms with Crippen LogP contribution in [0.5, 0.6) is 0 Å². The van der Waals surface area contributed by atoms with Gasteiger partial charge in [0.15, 0.2) is 5.96 Å². The SMILES string of the molecule is CN=C(NCc1ccccc1CN1CCC(C)CC1)NCC(C)(C)N1CCOCC1.I. The van der Waals surface area contributed by atoms with Crippen LogP contribution in [-0.4, -0.2) is 74.3 Å². The highest BCUT2D eigenvalue weighted by Crippen LogP contribution is 2.20. The Bertz CT molecular complexity index is 682. The van der Waals surface area contributed by atoms with E-state index in [1.807, 2.05) is 7.05 Å². The average molecular weight is 544 g/mol. The predicted molar refractivity (Wildman–Crippen MR) is 140 cm³/mol. The van der Waals surface area contributed by atoms with E-state index < -0.39 is 0 Å². The molecule has 3 rings (SSSR count). The van der Waals surface area contributed by atoms with E-state index in [0.717, 1.165) is 57.8 Å². The molecule has 2 fully saturated rings. The van der Waals surface area contributed by atoms with E-state index >= 15 is 0 Å². The highest BCUT2D eigenvalue weighted by molar-refractivity contribution is 14.0. The second kappa shape index (κ2) is 13.0. The van der Waals surface area contributed by atoms with E-state index in [-0.39, 0.29) is 29.5 Å². The maximum atomic E-state index is 5.50. The first kappa shape index (κ1) is 26.4. The molecule has 0 atom stereocenters. The Labute approximate surface area is 206 Å². The van der Waals surface area contributed by atoms with Crippen molar-refractivity contribution < 1.29 is 4.74 Å². The molecule has 0 spiro atoms. The number of aliphatic imine (C=N–C) groups is 1. The first-order valence-electron chi connectivity index (χ1n) is 11.5. The monoisotopic (exact) mass is 543 g/mol. The molecule has 6 nitrogen and oxygen atoms in total. The molecule has 0 unspecified atom stereocenters. The molecular weight excluding hydrogens is 501 g/mol. The number of hydrogen-bond acceptors (Lipinski definition) is 4. The van der Waals surface area contributed by atoms with Crippen molar-refractivity contribution in [1.82, 2.24) is 20.4 Å². The van der Waals surface area contributed by atoms with Crippen molar-refractivity contribution in [2.45, 2.75) is 52.2 Å². The summed E-state index contributed by atoms with van der Waals surface area (Å²) in [5, 5.41) is 7.05. The Balaban J connectivity index is 0.00000341. The molecule has 0 aromatic heterocycles. The van der Waals surface area contributed by atoms with Crippen molar-refractivity contribution in [2.75, 3.05) is 53.0 Å². The molecule has 176 valence electrons. The summed E-state index contributed by atoms with van der Waals surface area (Å²) in [6.45, 7) is 15.7. The van der Waals surface area contributed by atoms with Gasteiger partial charge in [0.2, 0.25) is 0 Å². The Morgan fingerprint density at radius 1 is 1.06 bits per heavy atom. The summed E-state index contributed by atoms with van der Waals surface area (Å²) >= 11 is 0. The van der Waals surface area contributed by atoms with Crippen molar-refractivity contribution in [2.24, 2.45) is 10.9 Å². The molecule has 0 bridgehead atoms. The molecule has 1 aromatic carbocycles. The van der Waals surface area contributed by atoms with Gasteiger partial charge in [0.1, 0.15) is 0 Å². The molecule has 2 heterocycles. The zero-order chi connectivity index (χ0) is 21.4. The van der Waals surface area contributed by atoms with Crippen LogP contribution in [0.25, 0.3) is 0 Å². The number of piperidine rings is 1. The topological polar surface area (TPSA) is 52.1 Å². The Kier molecular flexibility index (Phi) is 11.0. The molecule has 1 aromatic rings. The normalized spacial score (nSPS) is 19.7. The number of hydrogen-bond donors (Lipinski definition) is 2. The van der Waals surface area contributed by atoms with Gasteiger partial charge < -0.3 is 15.4 Å². The van der Waals surface area contributed by atoms with Crippen molar-refractivity contribution in [3.63, 3.8) is 0 Å². The maximum absolute atomic E-state index is 5.50. The fourth-order valence-corrected chi connectivity index (χ4v) is 4.33. The number of rotatable bonds is 7. The number of morpholine rings is 1. The van der Waals surface area contributed by atoms with Crippen LogP contribution in [0.2, 0.25) is 0 Å². The van der Waals surface area contributed by atoms with Gasteiger partial charge in [-0.1, -0.05) is 31.2 Å². The molecule has 2 N–H and O–H groups in total. The van der Waals surface area contributed by atoms with Crippen LogP contribution in [-0.2, 0) is 17.8 Å². The molecule has 2 aliphatic heterocycles. The van der Waals surface area contributed by atoms with Crippen LogP contribution >= 0.6 is 24.0 Å². The van der Waals surface area contributed by atoms with Gasteiger partial charge in [0.25, 0.3) is 0 Å². The second-order valence-electron chi connectivity index (χ2n) is 9.42. The molecule has 0 saturated carbocycles. The van der Waals surface area contributed by atoms with Gasteiger partial charge in [-0.15, -0.1) is 24.0 Å². The van der Waals surface area contributed by atoms with E-state index in [2.05, 4.69) is 70.5 Å². The van der Waals surface area contributed by atoms with Gasteiger partial charge in [-0.2, -0.15) is 0 Å². The van der Waals surface area contributed by atoms with Gasteiger partial charge in [0.05, 0.1) is 13.2 Å². The number of nitrogens with zero attached hydrogens (tertiary/aromatic N) is 3. The van der Waals surface area contributed by atoms with Crippen LogP contribution < -0.4 is 10.6 Å². The minimum absolute atomic E-state index is 0. The van der Waals surface area contributed by atoms with Gasteiger partial charge >= 0.3 is 0 Å². The summed E-state index contributed by atoms with van der Waals surface area (Å²) in [4.78, 5) is 9.53. The number of ether oxygens (including phenoxy) is 1. The lowest BCUT2D eigenvalue weighted by Crippen LogP contribution is -2.56. The number of halogens is 1. The maximum Gasteiger partial charge on any atom is 0.191 e. The van der Waals surface area contributed by atoms with Crippen LogP contribution in [0, 0.1) is 5.92 Å². The highest BCUT2D eigenvalue weighted by atomic mass is 127. The molecule has 0 radical (unpaired) electrons. The fourth-order valence-electron chi connectivity index (χ4n) is 4.33. The van der Waals surface area contributed by atoms with Crippen molar-refractivity contribution in [3.05, 3.63) is 35.4 Å². The first-order chi connectivity index (χ1) is 14.5. The third kappa shape index (κ3) is 8.18. The molecule has 31 heavy (non-hydrogen) atoms. The fraction of sp³-hybridized carbons (Fsp3) is 0.708. The largest absolute Gasteiger partial charge is 0.379 e. The minimum Gasteiger partial charge on any atom is -0.379 e. The molecule has 2 aliphatic rings. The Morgan fingerprint density at radius 2 is 1.71 bits per heavy atom. The average Bonchev–Trinajstić information content (AvgIpc) is 2.77. The molecule has 7 heteroatoms. The number of likely N-dealkylation sites (tertiary alicyclic amines) is 1. The lowest BCUT2D eigenvalue weighted by Gasteiger charge is -2.41.